The number of halogens is 2. The van der Waals surface area contributed by atoms with Gasteiger partial charge in [0.2, 0.25) is 11.8 Å². The number of carbonyl (C=O) groups is 2. The highest BCUT2D eigenvalue weighted by atomic mass is 35.5. The van der Waals surface area contributed by atoms with E-state index in [2.05, 4.69) is 5.32 Å². The highest BCUT2D eigenvalue weighted by Gasteiger charge is 2.32. The predicted molar refractivity (Wildman–Crippen MR) is 157 cm³/mol. The topological polar surface area (TPSA) is 86.8 Å². The van der Waals surface area contributed by atoms with Crippen molar-refractivity contribution in [3.05, 3.63) is 93.5 Å². The van der Waals surface area contributed by atoms with Crippen molar-refractivity contribution in [2.75, 3.05) is 10.8 Å². The molecule has 3 aromatic carbocycles. The van der Waals surface area contributed by atoms with Crippen LogP contribution in [0.25, 0.3) is 0 Å². The first-order valence-corrected chi connectivity index (χ1v) is 14.7. The second kappa shape index (κ2) is 12.9. The van der Waals surface area contributed by atoms with Crippen molar-refractivity contribution in [3.8, 4) is 0 Å². The summed E-state index contributed by atoms with van der Waals surface area (Å²) >= 11 is 12.2. The van der Waals surface area contributed by atoms with Crippen LogP contribution >= 0.6 is 23.2 Å². The van der Waals surface area contributed by atoms with E-state index in [0.29, 0.717) is 21.3 Å². The highest BCUT2D eigenvalue weighted by Crippen LogP contribution is 2.27. The summed E-state index contributed by atoms with van der Waals surface area (Å²) in [5.74, 6) is -0.893. The summed E-state index contributed by atoms with van der Waals surface area (Å²) in [7, 11) is -4.17. The van der Waals surface area contributed by atoms with Gasteiger partial charge < -0.3 is 10.2 Å². The first-order valence-electron chi connectivity index (χ1n) is 12.5. The predicted octanol–water partition coefficient (Wildman–Crippen LogP) is 5.75. The van der Waals surface area contributed by atoms with Crippen LogP contribution in [-0.2, 0) is 26.2 Å². The minimum absolute atomic E-state index is 0.00933. The molecule has 0 aromatic heterocycles. The highest BCUT2D eigenvalue weighted by molar-refractivity contribution is 7.92. The van der Waals surface area contributed by atoms with Gasteiger partial charge in [-0.1, -0.05) is 41.4 Å². The third-order valence-corrected chi connectivity index (χ3v) is 8.57. The molecular formula is C29H33Cl2N3O4S. The van der Waals surface area contributed by atoms with Gasteiger partial charge in [0.15, 0.2) is 0 Å². The van der Waals surface area contributed by atoms with Crippen LogP contribution in [-0.4, -0.2) is 43.8 Å². The Morgan fingerprint density at radius 1 is 0.872 bits per heavy atom. The lowest BCUT2D eigenvalue weighted by atomic mass is 10.1. The molecule has 3 aromatic rings. The third-order valence-electron chi connectivity index (χ3n) is 6.30. The van der Waals surface area contributed by atoms with Crippen LogP contribution < -0.4 is 9.62 Å². The number of benzene rings is 3. The van der Waals surface area contributed by atoms with Crippen molar-refractivity contribution < 1.29 is 18.0 Å². The normalized spacial score (nSPS) is 12.2. The molecule has 1 unspecified atom stereocenters. The summed E-state index contributed by atoms with van der Waals surface area (Å²) < 4.78 is 28.8. The van der Waals surface area contributed by atoms with E-state index in [1.807, 2.05) is 33.8 Å². The second-order valence-corrected chi connectivity index (χ2v) is 12.5. The molecule has 0 spiro atoms. The number of hydrogen-bond donors (Lipinski definition) is 1. The number of hydrogen-bond acceptors (Lipinski definition) is 4. The van der Waals surface area contributed by atoms with E-state index >= 15 is 0 Å². The van der Waals surface area contributed by atoms with Crippen molar-refractivity contribution in [2.24, 2.45) is 0 Å². The summed E-state index contributed by atoms with van der Waals surface area (Å²) in [5.41, 5.74) is 2.90. The van der Waals surface area contributed by atoms with Gasteiger partial charge in [0.05, 0.1) is 10.6 Å². The number of aryl methyl sites for hydroxylation is 2. The molecule has 0 fully saturated rings. The molecule has 0 saturated heterocycles. The molecule has 0 aliphatic rings. The fourth-order valence-electron chi connectivity index (χ4n) is 3.96. The van der Waals surface area contributed by atoms with Gasteiger partial charge in [-0.05, 0) is 99.8 Å². The van der Waals surface area contributed by atoms with E-state index < -0.39 is 28.5 Å². The SMILES string of the molecule is Cc1ccc(N(CC(=O)N(Cc2cccc(Cl)c2)C(C)C(=O)NC(C)C)S(=O)(=O)c2ccc(Cl)cc2)cc1C. The number of carbonyl (C=O) groups excluding carboxylic acids is 2. The standard InChI is InChI=1S/C29H33Cl2N3O4S/c1-19(2)32-29(36)22(5)33(17-23-7-6-8-25(31)16-23)28(35)18-34(26-12-9-20(3)21(4)15-26)39(37,38)27-13-10-24(30)11-14-27/h6-16,19,22H,17-18H2,1-5H3,(H,32,36). The molecule has 39 heavy (non-hydrogen) atoms. The zero-order valence-electron chi connectivity index (χ0n) is 22.6. The van der Waals surface area contributed by atoms with Crippen molar-refractivity contribution in [3.63, 3.8) is 0 Å². The van der Waals surface area contributed by atoms with Gasteiger partial charge in [-0.25, -0.2) is 8.42 Å². The van der Waals surface area contributed by atoms with Crippen LogP contribution in [0.2, 0.25) is 10.0 Å². The molecule has 10 heteroatoms. The molecule has 2 amide bonds. The molecule has 0 saturated carbocycles. The van der Waals surface area contributed by atoms with E-state index in [-0.39, 0.29) is 23.4 Å². The molecule has 208 valence electrons. The zero-order valence-corrected chi connectivity index (χ0v) is 24.9. The summed E-state index contributed by atoms with van der Waals surface area (Å²) in [4.78, 5) is 28.2. The lowest BCUT2D eigenvalue weighted by Gasteiger charge is -2.32. The molecule has 0 bridgehead atoms. The van der Waals surface area contributed by atoms with Crippen LogP contribution in [0.3, 0.4) is 0 Å². The molecule has 1 atom stereocenters. The smallest absolute Gasteiger partial charge is 0.264 e. The molecule has 1 N–H and O–H groups in total. The Labute approximate surface area is 240 Å². The first kappa shape index (κ1) is 30.5. The average Bonchev–Trinajstić information content (AvgIpc) is 2.87. The van der Waals surface area contributed by atoms with Crippen molar-refractivity contribution >= 4 is 50.7 Å². The maximum atomic E-state index is 13.9. The Hall–Kier alpha value is -3.07. The van der Waals surface area contributed by atoms with Crippen molar-refractivity contribution in [1.29, 1.82) is 0 Å². The van der Waals surface area contributed by atoms with E-state index in [4.69, 9.17) is 23.2 Å². The minimum atomic E-state index is -4.17. The quantitative estimate of drug-likeness (QED) is 0.326. The largest absolute Gasteiger partial charge is 0.352 e. The maximum absolute atomic E-state index is 13.9. The van der Waals surface area contributed by atoms with Gasteiger partial charge in [0.25, 0.3) is 10.0 Å². The summed E-state index contributed by atoms with van der Waals surface area (Å²) in [5, 5.41) is 3.71. The summed E-state index contributed by atoms with van der Waals surface area (Å²) in [6, 6.07) is 16.9. The van der Waals surface area contributed by atoms with Crippen LogP contribution in [0.15, 0.2) is 71.6 Å². The van der Waals surface area contributed by atoms with Crippen molar-refractivity contribution in [2.45, 2.75) is 58.1 Å². The van der Waals surface area contributed by atoms with Crippen LogP contribution in [0.4, 0.5) is 5.69 Å². The first-order chi connectivity index (χ1) is 18.3. The Bertz CT molecular complexity index is 1440. The fourth-order valence-corrected chi connectivity index (χ4v) is 5.71. The number of nitrogens with one attached hydrogen (secondary N) is 1. The lowest BCUT2D eigenvalue weighted by molar-refractivity contribution is -0.139. The summed E-state index contributed by atoms with van der Waals surface area (Å²) in [6.45, 7) is 8.61. The lowest BCUT2D eigenvalue weighted by Crippen LogP contribution is -2.52. The molecule has 0 heterocycles. The van der Waals surface area contributed by atoms with E-state index in [9.17, 15) is 18.0 Å². The van der Waals surface area contributed by atoms with Crippen LogP contribution in [0.1, 0.15) is 37.5 Å². The van der Waals surface area contributed by atoms with E-state index in [0.717, 1.165) is 15.4 Å². The molecule has 0 aliphatic carbocycles. The molecule has 3 rings (SSSR count). The monoisotopic (exact) mass is 589 g/mol. The Kier molecular flexibility index (Phi) is 10.0. The van der Waals surface area contributed by atoms with Crippen molar-refractivity contribution in [1.82, 2.24) is 10.2 Å². The molecule has 0 aliphatic heterocycles. The van der Waals surface area contributed by atoms with Gasteiger partial charge in [-0.2, -0.15) is 0 Å². The van der Waals surface area contributed by atoms with E-state index in [1.165, 1.54) is 29.2 Å². The van der Waals surface area contributed by atoms with Gasteiger partial charge in [-0.3, -0.25) is 13.9 Å². The average molecular weight is 591 g/mol. The Balaban J connectivity index is 2.06. The molecular weight excluding hydrogens is 557 g/mol. The number of rotatable bonds is 10. The van der Waals surface area contributed by atoms with E-state index in [1.54, 1.807) is 43.3 Å². The Morgan fingerprint density at radius 2 is 1.54 bits per heavy atom. The number of nitrogens with zero attached hydrogens (tertiary/aromatic N) is 2. The fraction of sp³-hybridized carbons (Fsp3) is 0.310. The second-order valence-electron chi connectivity index (χ2n) is 9.72. The van der Waals surface area contributed by atoms with Gasteiger partial charge in [0, 0.05) is 22.6 Å². The molecule has 7 nitrogen and oxygen atoms in total. The maximum Gasteiger partial charge on any atom is 0.264 e. The van der Waals surface area contributed by atoms with Gasteiger partial charge in [-0.15, -0.1) is 0 Å². The minimum Gasteiger partial charge on any atom is -0.352 e. The summed E-state index contributed by atoms with van der Waals surface area (Å²) in [6.07, 6.45) is 0. The third kappa shape index (κ3) is 7.75. The Morgan fingerprint density at radius 3 is 2.13 bits per heavy atom. The van der Waals surface area contributed by atoms with Gasteiger partial charge in [0.1, 0.15) is 12.6 Å². The number of anilines is 1. The van der Waals surface area contributed by atoms with Crippen LogP contribution in [0.5, 0.6) is 0 Å². The number of sulfonamides is 1. The number of amides is 2. The van der Waals surface area contributed by atoms with Gasteiger partial charge >= 0.3 is 0 Å². The molecule has 0 radical (unpaired) electrons. The zero-order chi connectivity index (χ0) is 28.9. The van der Waals surface area contributed by atoms with Crippen LogP contribution in [0, 0.1) is 13.8 Å².